The first-order valence-corrected chi connectivity index (χ1v) is 4.54. The molecule has 0 fully saturated rings. The van der Waals surface area contributed by atoms with E-state index in [0.717, 1.165) is 22.9 Å². The number of rotatable bonds is 2. The normalized spacial score (nSPS) is 9.09. The van der Waals surface area contributed by atoms with Crippen LogP contribution in [-0.2, 0) is 6.42 Å². The van der Waals surface area contributed by atoms with E-state index in [4.69, 9.17) is 5.26 Å². The molecule has 0 saturated heterocycles. The maximum atomic E-state index is 8.68. The van der Waals surface area contributed by atoms with Crippen LogP contribution in [0.3, 0.4) is 0 Å². The highest BCUT2D eigenvalue weighted by atomic mass is 79.9. The Hall–Kier alpha value is -0.810. The fourth-order valence-corrected chi connectivity index (χ4v) is 1.38. The fraction of sp³-hybridized carbons (Fsp3) is 0.222. The molecule has 0 amide bonds. The lowest BCUT2D eigenvalue weighted by Gasteiger charge is -1.98. The maximum absolute atomic E-state index is 8.68. The van der Waals surface area contributed by atoms with Crippen molar-refractivity contribution in [1.29, 1.82) is 5.26 Å². The molecule has 0 spiro atoms. The Balaban J connectivity index is 2.95. The zero-order valence-electron chi connectivity index (χ0n) is 6.05. The monoisotopic (exact) mass is 209 g/mol. The fourth-order valence-electron chi connectivity index (χ4n) is 0.949. The molecule has 11 heavy (non-hydrogen) atoms. The second-order valence-corrected chi connectivity index (χ2v) is 3.00. The molecule has 0 atom stereocenters. The van der Waals surface area contributed by atoms with Gasteiger partial charge in [0, 0.05) is 5.33 Å². The molecular formula is C9H8BrN. The van der Waals surface area contributed by atoms with Crippen LogP contribution in [0.5, 0.6) is 0 Å². The summed E-state index contributed by atoms with van der Waals surface area (Å²) in [5, 5.41) is 9.59. The van der Waals surface area contributed by atoms with Crippen molar-refractivity contribution >= 4 is 15.9 Å². The van der Waals surface area contributed by atoms with E-state index < -0.39 is 0 Å². The molecule has 0 heterocycles. The van der Waals surface area contributed by atoms with Crippen molar-refractivity contribution in [1.82, 2.24) is 0 Å². The zero-order valence-corrected chi connectivity index (χ0v) is 7.63. The smallest absolute Gasteiger partial charge is 0.0994 e. The lowest BCUT2D eigenvalue weighted by Crippen LogP contribution is -1.89. The van der Waals surface area contributed by atoms with Crippen LogP contribution < -0.4 is 0 Å². The maximum Gasteiger partial charge on any atom is 0.0994 e. The Labute approximate surface area is 74.8 Å². The van der Waals surface area contributed by atoms with Crippen LogP contribution in [0.4, 0.5) is 0 Å². The largest absolute Gasteiger partial charge is 0.192 e. The van der Waals surface area contributed by atoms with E-state index in [1.807, 2.05) is 24.3 Å². The summed E-state index contributed by atoms with van der Waals surface area (Å²) in [5.41, 5.74) is 1.90. The van der Waals surface area contributed by atoms with Crippen molar-refractivity contribution in [3.8, 4) is 6.07 Å². The molecule has 0 aliphatic carbocycles. The van der Waals surface area contributed by atoms with E-state index in [0.29, 0.717) is 0 Å². The van der Waals surface area contributed by atoms with Gasteiger partial charge in [-0.1, -0.05) is 34.1 Å². The van der Waals surface area contributed by atoms with E-state index in [9.17, 15) is 0 Å². The average molecular weight is 210 g/mol. The van der Waals surface area contributed by atoms with Crippen molar-refractivity contribution in [3.05, 3.63) is 35.4 Å². The van der Waals surface area contributed by atoms with E-state index in [-0.39, 0.29) is 0 Å². The molecule has 0 saturated carbocycles. The van der Waals surface area contributed by atoms with Crippen molar-refractivity contribution in [2.75, 3.05) is 5.33 Å². The van der Waals surface area contributed by atoms with E-state index in [2.05, 4.69) is 22.0 Å². The van der Waals surface area contributed by atoms with Crippen LogP contribution >= 0.6 is 15.9 Å². The molecule has 56 valence electrons. The number of nitriles is 1. The molecule has 0 aliphatic rings. The van der Waals surface area contributed by atoms with Crippen molar-refractivity contribution in [2.45, 2.75) is 6.42 Å². The van der Waals surface area contributed by atoms with Gasteiger partial charge in [0.2, 0.25) is 0 Å². The zero-order chi connectivity index (χ0) is 8.10. The third kappa shape index (κ3) is 2.06. The number of halogens is 1. The van der Waals surface area contributed by atoms with Gasteiger partial charge in [-0.25, -0.2) is 0 Å². The predicted molar refractivity (Wildman–Crippen MR) is 48.7 cm³/mol. The summed E-state index contributed by atoms with van der Waals surface area (Å²) in [7, 11) is 0. The number of hydrogen-bond acceptors (Lipinski definition) is 1. The first-order valence-electron chi connectivity index (χ1n) is 3.42. The number of benzene rings is 1. The Morgan fingerprint density at radius 2 is 2.09 bits per heavy atom. The molecule has 0 unspecified atom stereocenters. The number of nitrogens with zero attached hydrogens (tertiary/aromatic N) is 1. The number of aryl methyl sites for hydroxylation is 1. The van der Waals surface area contributed by atoms with Crippen LogP contribution in [0.15, 0.2) is 24.3 Å². The van der Waals surface area contributed by atoms with Crippen molar-refractivity contribution in [3.63, 3.8) is 0 Å². The van der Waals surface area contributed by atoms with Gasteiger partial charge >= 0.3 is 0 Å². The van der Waals surface area contributed by atoms with E-state index in [1.54, 1.807) is 0 Å². The molecule has 0 aromatic heterocycles. The van der Waals surface area contributed by atoms with Gasteiger partial charge < -0.3 is 0 Å². The molecule has 1 nitrogen and oxygen atoms in total. The molecule has 1 aromatic carbocycles. The number of alkyl halides is 1. The average Bonchev–Trinajstić information content (AvgIpc) is 2.06. The molecular weight excluding hydrogens is 202 g/mol. The highest BCUT2D eigenvalue weighted by molar-refractivity contribution is 9.09. The third-order valence-corrected chi connectivity index (χ3v) is 1.90. The summed E-state index contributed by atoms with van der Waals surface area (Å²) in [5.74, 6) is 0. The quantitative estimate of drug-likeness (QED) is 0.688. The molecule has 1 rings (SSSR count). The van der Waals surface area contributed by atoms with Gasteiger partial charge in [0.1, 0.15) is 0 Å². The Morgan fingerprint density at radius 3 is 2.73 bits per heavy atom. The molecule has 1 aromatic rings. The van der Waals surface area contributed by atoms with Gasteiger partial charge in [-0.3, -0.25) is 0 Å². The van der Waals surface area contributed by atoms with Crippen molar-refractivity contribution in [2.24, 2.45) is 0 Å². The second-order valence-electron chi connectivity index (χ2n) is 2.21. The lowest BCUT2D eigenvalue weighted by atomic mass is 10.1. The Morgan fingerprint density at radius 1 is 1.36 bits per heavy atom. The second kappa shape index (κ2) is 4.15. The molecule has 0 radical (unpaired) electrons. The Kier molecular flexibility index (Phi) is 3.13. The first-order chi connectivity index (χ1) is 5.38. The topological polar surface area (TPSA) is 23.8 Å². The minimum absolute atomic E-state index is 0.784. The standard InChI is InChI=1S/C9H8BrN/c10-6-5-8-3-1-2-4-9(8)7-11/h1-4H,5-6H2. The Bertz CT molecular complexity index is 275. The van der Waals surface area contributed by atoms with Crippen LogP contribution in [0.2, 0.25) is 0 Å². The molecule has 0 bridgehead atoms. The van der Waals surface area contributed by atoms with Crippen LogP contribution in [0, 0.1) is 11.3 Å². The predicted octanol–water partition coefficient (Wildman–Crippen LogP) is 2.50. The number of hydrogen-bond donors (Lipinski definition) is 0. The van der Waals surface area contributed by atoms with Gasteiger partial charge in [0.05, 0.1) is 11.6 Å². The van der Waals surface area contributed by atoms with Crippen LogP contribution in [0.1, 0.15) is 11.1 Å². The lowest BCUT2D eigenvalue weighted by molar-refractivity contribution is 1.15. The highest BCUT2D eigenvalue weighted by Crippen LogP contribution is 2.08. The summed E-state index contributed by atoms with van der Waals surface area (Å²) in [6.07, 6.45) is 0.920. The van der Waals surface area contributed by atoms with Gasteiger partial charge in [-0.2, -0.15) is 5.26 Å². The van der Waals surface area contributed by atoms with Crippen LogP contribution in [-0.4, -0.2) is 5.33 Å². The highest BCUT2D eigenvalue weighted by Gasteiger charge is 1.97. The van der Waals surface area contributed by atoms with E-state index >= 15 is 0 Å². The molecule has 0 N–H and O–H groups in total. The van der Waals surface area contributed by atoms with Crippen LogP contribution in [0.25, 0.3) is 0 Å². The molecule has 2 heteroatoms. The minimum Gasteiger partial charge on any atom is -0.192 e. The molecule has 0 aliphatic heterocycles. The van der Waals surface area contributed by atoms with Gasteiger partial charge in [-0.15, -0.1) is 0 Å². The third-order valence-electron chi connectivity index (χ3n) is 1.50. The van der Waals surface area contributed by atoms with E-state index in [1.165, 1.54) is 0 Å². The summed E-state index contributed by atoms with van der Waals surface area (Å²) >= 11 is 3.34. The van der Waals surface area contributed by atoms with Gasteiger partial charge in [0.25, 0.3) is 0 Å². The minimum atomic E-state index is 0.784. The summed E-state index contributed by atoms with van der Waals surface area (Å²) in [4.78, 5) is 0. The first kappa shape index (κ1) is 8.29. The van der Waals surface area contributed by atoms with Crippen molar-refractivity contribution < 1.29 is 0 Å². The summed E-state index contributed by atoms with van der Waals surface area (Å²) in [6, 6.07) is 9.83. The summed E-state index contributed by atoms with van der Waals surface area (Å²) < 4.78 is 0. The van der Waals surface area contributed by atoms with Gasteiger partial charge in [-0.05, 0) is 18.1 Å². The SMILES string of the molecule is N#Cc1ccccc1CCBr. The summed E-state index contributed by atoms with van der Waals surface area (Å²) in [6.45, 7) is 0. The van der Waals surface area contributed by atoms with Gasteiger partial charge in [0.15, 0.2) is 0 Å².